The SMILES string of the molecule is NC(=O)c1cc(N)cc(-c2ccccc2)c1. The molecule has 0 atom stereocenters. The van der Waals surface area contributed by atoms with Crippen molar-refractivity contribution >= 4 is 11.6 Å². The van der Waals surface area contributed by atoms with Crippen molar-refractivity contribution < 1.29 is 4.79 Å². The summed E-state index contributed by atoms with van der Waals surface area (Å²) in [4.78, 5) is 11.1. The number of carbonyl (C=O) groups excluding carboxylic acids is 1. The normalized spacial score (nSPS) is 10.0. The van der Waals surface area contributed by atoms with Crippen LogP contribution in [0.3, 0.4) is 0 Å². The highest BCUT2D eigenvalue weighted by Gasteiger charge is 2.05. The Morgan fingerprint density at radius 2 is 1.62 bits per heavy atom. The Hall–Kier alpha value is -2.29. The zero-order valence-electron chi connectivity index (χ0n) is 8.68. The minimum Gasteiger partial charge on any atom is -0.399 e. The number of hydrogen-bond donors (Lipinski definition) is 2. The lowest BCUT2D eigenvalue weighted by Crippen LogP contribution is -2.11. The standard InChI is InChI=1S/C13H12N2O/c14-12-7-10(6-11(8-12)13(15)16)9-4-2-1-3-5-9/h1-8H,14H2,(H2,15,16). The summed E-state index contributed by atoms with van der Waals surface area (Å²) in [6.45, 7) is 0. The average Bonchev–Trinajstić information content (AvgIpc) is 2.29. The van der Waals surface area contributed by atoms with Crippen LogP contribution in [0.1, 0.15) is 10.4 Å². The van der Waals surface area contributed by atoms with Gasteiger partial charge in [0.25, 0.3) is 0 Å². The zero-order chi connectivity index (χ0) is 11.5. The molecule has 0 spiro atoms. The van der Waals surface area contributed by atoms with E-state index in [9.17, 15) is 4.79 Å². The molecule has 0 aliphatic rings. The summed E-state index contributed by atoms with van der Waals surface area (Å²) in [5.41, 5.74) is 13.8. The molecule has 1 amide bonds. The second-order valence-electron chi connectivity index (χ2n) is 3.57. The van der Waals surface area contributed by atoms with Crippen molar-refractivity contribution in [3.05, 3.63) is 54.1 Å². The van der Waals surface area contributed by atoms with Crippen molar-refractivity contribution in [1.82, 2.24) is 0 Å². The number of anilines is 1. The van der Waals surface area contributed by atoms with Gasteiger partial charge in [0.05, 0.1) is 0 Å². The van der Waals surface area contributed by atoms with E-state index in [4.69, 9.17) is 11.5 Å². The molecule has 16 heavy (non-hydrogen) atoms. The van der Waals surface area contributed by atoms with Crippen molar-refractivity contribution in [2.24, 2.45) is 5.73 Å². The van der Waals surface area contributed by atoms with Crippen LogP contribution >= 0.6 is 0 Å². The van der Waals surface area contributed by atoms with Crippen molar-refractivity contribution in [2.45, 2.75) is 0 Å². The molecule has 0 saturated carbocycles. The quantitative estimate of drug-likeness (QED) is 0.748. The van der Waals surface area contributed by atoms with E-state index in [2.05, 4.69) is 0 Å². The van der Waals surface area contributed by atoms with Gasteiger partial charge in [0.2, 0.25) is 5.91 Å². The zero-order valence-corrected chi connectivity index (χ0v) is 8.68. The van der Waals surface area contributed by atoms with E-state index in [1.54, 1.807) is 12.1 Å². The van der Waals surface area contributed by atoms with Crippen LogP contribution in [0.25, 0.3) is 11.1 Å². The first kappa shape index (κ1) is 10.2. The van der Waals surface area contributed by atoms with Crippen LogP contribution in [0.5, 0.6) is 0 Å². The lowest BCUT2D eigenvalue weighted by atomic mass is 10.0. The largest absolute Gasteiger partial charge is 0.399 e. The van der Waals surface area contributed by atoms with E-state index in [0.717, 1.165) is 11.1 Å². The molecule has 4 N–H and O–H groups in total. The van der Waals surface area contributed by atoms with E-state index in [1.807, 2.05) is 36.4 Å². The molecular weight excluding hydrogens is 200 g/mol. The van der Waals surface area contributed by atoms with Gasteiger partial charge < -0.3 is 11.5 Å². The average molecular weight is 212 g/mol. The fraction of sp³-hybridized carbons (Fsp3) is 0. The molecule has 0 heterocycles. The Bertz CT molecular complexity index is 521. The highest BCUT2D eigenvalue weighted by molar-refractivity contribution is 5.95. The summed E-state index contributed by atoms with van der Waals surface area (Å²) in [5.74, 6) is -0.468. The summed E-state index contributed by atoms with van der Waals surface area (Å²) in [7, 11) is 0. The van der Waals surface area contributed by atoms with Gasteiger partial charge in [-0.3, -0.25) is 4.79 Å². The first-order valence-electron chi connectivity index (χ1n) is 4.92. The highest BCUT2D eigenvalue weighted by atomic mass is 16.1. The first-order valence-corrected chi connectivity index (χ1v) is 4.92. The molecule has 3 nitrogen and oxygen atoms in total. The Morgan fingerprint density at radius 3 is 2.25 bits per heavy atom. The van der Waals surface area contributed by atoms with Gasteiger partial charge in [-0.1, -0.05) is 30.3 Å². The molecule has 0 bridgehead atoms. The molecule has 0 saturated heterocycles. The Balaban J connectivity index is 2.54. The minimum absolute atomic E-state index is 0.429. The number of rotatable bonds is 2. The highest BCUT2D eigenvalue weighted by Crippen LogP contribution is 2.23. The van der Waals surface area contributed by atoms with Gasteiger partial charge >= 0.3 is 0 Å². The maximum absolute atomic E-state index is 11.1. The lowest BCUT2D eigenvalue weighted by molar-refractivity contribution is 0.100. The number of hydrogen-bond acceptors (Lipinski definition) is 2. The number of amides is 1. The topological polar surface area (TPSA) is 69.1 Å². The smallest absolute Gasteiger partial charge is 0.248 e. The predicted molar refractivity (Wildman–Crippen MR) is 64.8 cm³/mol. The van der Waals surface area contributed by atoms with E-state index >= 15 is 0 Å². The number of primary amides is 1. The van der Waals surface area contributed by atoms with E-state index in [1.165, 1.54) is 0 Å². The summed E-state index contributed by atoms with van der Waals surface area (Å²) >= 11 is 0. The van der Waals surface area contributed by atoms with E-state index in [-0.39, 0.29) is 0 Å². The Kier molecular flexibility index (Phi) is 2.60. The fourth-order valence-corrected chi connectivity index (χ4v) is 1.59. The maximum atomic E-state index is 11.1. The minimum atomic E-state index is -0.468. The molecule has 0 fully saturated rings. The van der Waals surface area contributed by atoms with Crippen LogP contribution < -0.4 is 11.5 Å². The van der Waals surface area contributed by atoms with Crippen LogP contribution in [-0.4, -0.2) is 5.91 Å². The second kappa shape index (κ2) is 4.06. The number of carbonyl (C=O) groups is 1. The van der Waals surface area contributed by atoms with Crippen LogP contribution in [-0.2, 0) is 0 Å². The van der Waals surface area contributed by atoms with Crippen molar-refractivity contribution in [3.63, 3.8) is 0 Å². The van der Waals surface area contributed by atoms with E-state index < -0.39 is 5.91 Å². The van der Waals surface area contributed by atoms with Gasteiger partial charge in [-0.25, -0.2) is 0 Å². The van der Waals surface area contributed by atoms with Gasteiger partial charge in [0, 0.05) is 11.3 Å². The molecule has 0 radical (unpaired) electrons. The van der Waals surface area contributed by atoms with Crippen LogP contribution in [0.15, 0.2) is 48.5 Å². The molecule has 0 aromatic heterocycles. The number of benzene rings is 2. The van der Waals surface area contributed by atoms with Crippen LogP contribution in [0, 0.1) is 0 Å². The molecule has 0 unspecified atom stereocenters. The van der Waals surface area contributed by atoms with E-state index in [0.29, 0.717) is 11.3 Å². The molecule has 0 aliphatic carbocycles. The van der Waals surface area contributed by atoms with Gasteiger partial charge in [-0.05, 0) is 29.3 Å². The van der Waals surface area contributed by atoms with Gasteiger partial charge in [-0.2, -0.15) is 0 Å². The lowest BCUT2D eigenvalue weighted by Gasteiger charge is -2.05. The molecule has 2 aromatic carbocycles. The fourth-order valence-electron chi connectivity index (χ4n) is 1.59. The monoisotopic (exact) mass is 212 g/mol. The van der Waals surface area contributed by atoms with Crippen molar-refractivity contribution in [3.8, 4) is 11.1 Å². The second-order valence-corrected chi connectivity index (χ2v) is 3.57. The summed E-state index contributed by atoms with van der Waals surface area (Å²) < 4.78 is 0. The molecule has 0 aliphatic heterocycles. The molecule has 2 aromatic rings. The van der Waals surface area contributed by atoms with Crippen molar-refractivity contribution in [2.75, 3.05) is 5.73 Å². The third-order valence-electron chi connectivity index (χ3n) is 2.35. The third-order valence-corrected chi connectivity index (χ3v) is 2.35. The molecular formula is C13H12N2O. The third kappa shape index (κ3) is 2.03. The van der Waals surface area contributed by atoms with Crippen molar-refractivity contribution in [1.29, 1.82) is 0 Å². The van der Waals surface area contributed by atoms with Gasteiger partial charge in [-0.15, -0.1) is 0 Å². The van der Waals surface area contributed by atoms with Gasteiger partial charge in [0.15, 0.2) is 0 Å². The first-order chi connectivity index (χ1) is 7.66. The summed E-state index contributed by atoms with van der Waals surface area (Å²) in [6, 6.07) is 14.9. The number of nitrogen functional groups attached to an aromatic ring is 1. The van der Waals surface area contributed by atoms with Crippen LogP contribution in [0.2, 0.25) is 0 Å². The predicted octanol–water partition coefficient (Wildman–Crippen LogP) is 2.03. The van der Waals surface area contributed by atoms with Crippen LogP contribution in [0.4, 0.5) is 5.69 Å². The summed E-state index contributed by atoms with van der Waals surface area (Å²) in [5, 5.41) is 0. The molecule has 2 rings (SSSR count). The molecule has 3 heteroatoms. The maximum Gasteiger partial charge on any atom is 0.248 e. The Labute approximate surface area is 93.7 Å². The van der Waals surface area contributed by atoms with Gasteiger partial charge in [0.1, 0.15) is 0 Å². The summed E-state index contributed by atoms with van der Waals surface area (Å²) in [6.07, 6.45) is 0. The number of nitrogens with two attached hydrogens (primary N) is 2. The molecule has 80 valence electrons. The Morgan fingerprint density at radius 1 is 0.938 bits per heavy atom.